The molecule has 132 valence electrons. The maximum absolute atomic E-state index is 11.6. The van der Waals surface area contributed by atoms with E-state index in [1.807, 2.05) is 12.1 Å². The van der Waals surface area contributed by atoms with Gasteiger partial charge in [0.05, 0.1) is 18.8 Å². The molecule has 0 aliphatic rings. The van der Waals surface area contributed by atoms with E-state index < -0.39 is 0 Å². The van der Waals surface area contributed by atoms with Gasteiger partial charge in [-0.3, -0.25) is 4.79 Å². The van der Waals surface area contributed by atoms with E-state index in [1.165, 1.54) is 0 Å². The lowest BCUT2D eigenvalue weighted by atomic mass is 9.94. The van der Waals surface area contributed by atoms with E-state index in [1.54, 1.807) is 26.0 Å². The molecule has 5 nitrogen and oxygen atoms in total. The van der Waals surface area contributed by atoms with Crippen molar-refractivity contribution in [1.82, 2.24) is 0 Å². The first-order chi connectivity index (χ1) is 11.6. The van der Waals surface area contributed by atoms with Crippen molar-refractivity contribution in [3.05, 3.63) is 35.4 Å². The Kier molecular flexibility index (Phi) is 9.42. The summed E-state index contributed by atoms with van der Waals surface area (Å²) in [4.78, 5) is 34.1. The molecule has 1 aromatic rings. The van der Waals surface area contributed by atoms with Crippen molar-refractivity contribution in [2.45, 2.75) is 46.0 Å². The van der Waals surface area contributed by atoms with Gasteiger partial charge < -0.3 is 14.3 Å². The zero-order valence-corrected chi connectivity index (χ0v) is 14.5. The monoisotopic (exact) mass is 334 g/mol. The van der Waals surface area contributed by atoms with Crippen LogP contribution in [0.3, 0.4) is 0 Å². The standard InChI is InChI=1S/C19H26O5/c1-3-23-18(21)8-6-5-7-16(14-20)13-15-9-11-17(12-10-15)19(22)24-4-2/h9-12,14,16H,3-8,13H2,1-2H3. The highest BCUT2D eigenvalue weighted by Gasteiger charge is 2.11. The third kappa shape index (κ3) is 7.40. The predicted molar refractivity (Wildman–Crippen MR) is 90.8 cm³/mol. The summed E-state index contributed by atoms with van der Waals surface area (Å²) in [6.45, 7) is 4.30. The number of aldehydes is 1. The van der Waals surface area contributed by atoms with Gasteiger partial charge in [-0.1, -0.05) is 18.6 Å². The molecular weight excluding hydrogens is 308 g/mol. The summed E-state index contributed by atoms with van der Waals surface area (Å²) >= 11 is 0. The first kappa shape index (κ1) is 19.9. The molecule has 0 amide bonds. The number of benzene rings is 1. The van der Waals surface area contributed by atoms with Gasteiger partial charge in [-0.25, -0.2) is 4.79 Å². The summed E-state index contributed by atoms with van der Waals surface area (Å²) < 4.78 is 9.81. The van der Waals surface area contributed by atoms with Crippen molar-refractivity contribution in [3.8, 4) is 0 Å². The molecule has 0 bridgehead atoms. The second kappa shape index (κ2) is 11.4. The molecule has 1 atom stereocenters. The van der Waals surface area contributed by atoms with Crippen LogP contribution in [0.2, 0.25) is 0 Å². The lowest BCUT2D eigenvalue weighted by Crippen LogP contribution is -2.08. The second-order valence-corrected chi connectivity index (χ2v) is 5.57. The fraction of sp³-hybridized carbons (Fsp3) is 0.526. The van der Waals surface area contributed by atoms with Crippen molar-refractivity contribution in [3.63, 3.8) is 0 Å². The van der Waals surface area contributed by atoms with E-state index in [2.05, 4.69) is 0 Å². The van der Waals surface area contributed by atoms with Crippen molar-refractivity contribution in [1.29, 1.82) is 0 Å². The lowest BCUT2D eigenvalue weighted by molar-refractivity contribution is -0.143. The molecular formula is C19H26O5. The summed E-state index contributed by atoms with van der Waals surface area (Å²) in [5, 5.41) is 0. The summed E-state index contributed by atoms with van der Waals surface area (Å²) in [6, 6.07) is 7.13. The van der Waals surface area contributed by atoms with Gasteiger partial charge in [0.2, 0.25) is 0 Å². The van der Waals surface area contributed by atoms with Crippen LogP contribution in [0.1, 0.15) is 55.5 Å². The van der Waals surface area contributed by atoms with E-state index in [4.69, 9.17) is 9.47 Å². The Morgan fingerprint density at radius 3 is 2.29 bits per heavy atom. The Labute approximate surface area is 143 Å². The minimum absolute atomic E-state index is 0.0827. The van der Waals surface area contributed by atoms with Crippen LogP contribution in [-0.4, -0.2) is 31.4 Å². The van der Waals surface area contributed by atoms with Gasteiger partial charge >= 0.3 is 11.9 Å². The van der Waals surface area contributed by atoms with E-state index in [9.17, 15) is 14.4 Å². The van der Waals surface area contributed by atoms with E-state index in [-0.39, 0.29) is 17.9 Å². The maximum Gasteiger partial charge on any atom is 0.338 e. The molecule has 0 aliphatic heterocycles. The average molecular weight is 334 g/mol. The highest BCUT2D eigenvalue weighted by Crippen LogP contribution is 2.16. The Balaban J connectivity index is 2.40. The SMILES string of the molecule is CCOC(=O)CCCCC(C=O)Cc1ccc(C(=O)OCC)cc1. The van der Waals surface area contributed by atoms with Crippen molar-refractivity contribution >= 4 is 18.2 Å². The molecule has 24 heavy (non-hydrogen) atoms. The van der Waals surface area contributed by atoms with Crippen LogP contribution in [0.5, 0.6) is 0 Å². The topological polar surface area (TPSA) is 69.7 Å². The van der Waals surface area contributed by atoms with Gasteiger partial charge in [0, 0.05) is 12.3 Å². The fourth-order valence-electron chi connectivity index (χ4n) is 2.42. The molecule has 1 rings (SSSR count). The highest BCUT2D eigenvalue weighted by atomic mass is 16.5. The molecule has 0 aliphatic carbocycles. The zero-order valence-electron chi connectivity index (χ0n) is 14.5. The van der Waals surface area contributed by atoms with Gasteiger partial charge in [0.15, 0.2) is 0 Å². The molecule has 1 aromatic carbocycles. The van der Waals surface area contributed by atoms with Crippen LogP contribution >= 0.6 is 0 Å². The molecule has 0 fully saturated rings. The van der Waals surface area contributed by atoms with Crippen LogP contribution in [0.25, 0.3) is 0 Å². The van der Waals surface area contributed by atoms with Crippen molar-refractivity contribution in [2.24, 2.45) is 5.92 Å². The number of hydrogen-bond donors (Lipinski definition) is 0. The van der Waals surface area contributed by atoms with E-state index >= 15 is 0 Å². The minimum Gasteiger partial charge on any atom is -0.466 e. The van der Waals surface area contributed by atoms with Crippen LogP contribution in [0.15, 0.2) is 24.3 Å². The van der Waals surface area contributed by atoms with Crippen molar-refractivity contribution < 1.29 is 23.9 Å². The van der Waals surface area contributed by atoms with Gasteiger partial charge in [0.1, 0.15) is 6.29 Å². The highest BCUT2D eigenvalue weighted by molar-refractivity contribution is 5.89. The van der Waals surface area contributed by atoms with Gasteiger partial charge in [-0.05, 0) is 50.8 Å². The Morgan fingerprint density at radius 2 is 1.71 bits per heavy atom. The minimum atomic E-state index is -0.338. The van der Waals surface area contributed by atoms with E-state index in [0.29, 0.717) is 31.6 Å². The molecule has 0 spiro atoms. The smallest absolute Gasteiger partial charge is 0.338 e. The molecule has 1 unspecified atom stereocenters. The summed E-state index contributed by atoms with van der Waals surface area (Å²) in [5.41, 5.74) is 1.52. The molecule has 0 aromatic heterocycles. The Bertz CT molecular complexity index is 521. The number of unbranched alkanes of at least 4 members (excludes halogenated alkanes) is 1. The number of rotatable bonds is 11. The van der Waals surface area contributed by atoms with Gasteiger partial charge in [-0.2, -0.15) is 0 Å². The number of esters is 2. The summed E-state index contributed by atoms with van der Waals surface area (Å²) in [7, 11) is 0. The number of hydrogen-bond acceptors (Lipinski definition) is 5. The first-order valence-corrected chi connectivity index (χ1v) is 8.47. The van der Waals surface area contributed by atoms with Gasteiger partial charge in [0.25, 0.3) is 0 Å². The Hall–Kier alpha value is -2.17. The van der Waals surface area contributed by atoms with Crippen LogP contribution in [-0.2, 0) is 25.5 Å². The summed E-state index contributed by atoms with van der Waals surface area (Å²) in [6.07, 6.45) is 4.26. The largest absolute Gasteiger partial charge is 0.466 e. The quantitative estimate of drug-likeness (QED) is 0.353. The van der Waals surface area contributed by atoms with Crippen LogP contribution < -0.4 is 0 Å². The molecule has 0 saturated carbocycles. The molecule has 5 heteroatoms. The van der Waals surface area contributed by atoms with Gasteiger partial charge in [-0.15, -0.1) is 0 Å². The number of carbonyl (C=O) groups is 3. The van der Waals surface area contributed by atoms with E-state index in [0.717, 1.165) is 31.1 Å². The lowest BCUT2D eigenvalue weighted by Gasteiger charge is -2.10. The molecule has 0 N–H and O–H groups in total. The zero-order chi connectivity index (χ0) is 17.8. The third-order valence-electron chi connectivity index (χ3n) is 3.67. The first-order valence-electron chi connectivity index (χ1n) is 8.47. The predicted octanol–water partition coefficient (Wildman–Crippen LogP) is 3.34. The Morgan fingerprint density at radius 1 is 1.04 bits per heavy atom. The number of carbonyl (C=O) groups excluding carboxylic acids is 3. The second-order valence-electron chi connectivity index (χ2n) is 5.57. The summed E-state index contributed by atoms with van der Waals surface area (Å²) in [5.74, 6) is -0.606. The average Bonchev–Trinajstić information content (AvgIpc) is 2.58. The molecule has 0 radical (unpaired) electrons. The molecule has 0 saturated heterocycles. The van der Waals surface area contributed by atoms with Crippen LogP contribution in [0.4, 0.5) is 0 Å². The number of ether oxygens (including phenoxy) is 2. The van der Waals surface area contributed by atoms with Crippen LogP contribution in [0, 0.1) is 5.92 Å². The van der Waals surface area contributed by atoms with Crippen molar-refractivity contribution in [2.75, 3.05) is 13.2 Å². The normalized spacial score (nSPS) is 11.6. The fourth-order valence-corrected chi connectivity index (χ4v) is 2.42. The third-order valence-corrected chi connectivity index (χ3v) is 3.67. The molecule has 0 heterocycles. The maximum atomic E-state index is 11.6.